The number of fused-ring (bicyclic) bond motifs is 2. The van der Waals surface area contributed by atoms with Crippen molar-refractivity contribution >= 4 is 35.5 Å². The van der Waals surface area contributed by atoms with E-state index in [9.17, 15) is 31.6 Å². The van der Waals surface area contributed by atoms with Gasteiger partial charge in [-0.2, -0.15) is 56.1 Å². The summed E-state index contributed by atoms with van der Waals surface area (Å²) >= 11 is 5.44. The smallest absolute Gasteiger partial charge is 0.423 e. The van der Waals surface area contributed by atoms with Crippen LogP contribution in [-0.2, 0) is 23.2 Å². The second kappa shape index (κ2) is 14.4. The number of hydrogen-bond acceptors (Lipinski definition) is 10. The van der Waals surface area contributed by atoms with Crippen molar-refractivity contribution < 1.29 is 36.4 Å². The van der Waals surface area contributed by atoms with Gasteiger partial charge in [0.25, 0.3) is 11.6 Å². The minimum atomic E-state index is -4.62. The van der Waals surface area contributed by atoms with Crippen molar-refractivity contribution in [1.82, 2.24) is 39.6 Å². The molecule has 0 atom stereocenters. The highest BCUT2D eigenvalue weighted by atomic mass is 35.5. The molecule has 2 saturated carbocycles. The number of alkyl halides is 6. The molecular weight excluding hydrogens is 729 g/mol. The van der Waals surface area contributed by atoms with E-state index in [2.05, 4.69) is 42.7 Å². The van der Waals surface area contributed by atoms with Crippen LogP contribution in [0.4, 0.5) is 26.3 Å². The zero-order chi connectivity index (χ0) is 37.5. The summed E-state index contributed by atoms with van der Waals surface area (Å²) in [5, 5.41) is 56.2. The maximum atomic E-state index is 12.9. The molecule has 2 aromatic carbocycles. The highest BCUT2D eigenvalue weighted by Crippen LogP contribution is 2.48. The summed E-state index contributed by atoms with van der Waals surface area (Å²) in [6.07, 6.45) is -5.72. The van der Waals surface area contributed by atoms with Crippen LogP contribution in [-0.4, -0.2) is 56.8 Å². The molecule has 4 heterocycles. The predicted octanol–water partition coefficient (Wildman–Crippen LogP) is 5.53. The van der Waals surface area contributed by atoms with E-state index in [1.54, 1.807) is 42.5 Å². The zero-order valence-electron chi connectivity index (χ0n) is 27.3. The van der Waals surface area contributed by atoms with Crippen LogP contribution >= 0.6 is 11.6 Å². The van der Waals surface area contributed by atoms with E-state index in [0.717, 1.165) is 36.8 Å². The number of benzene rings is 2. The van der Waals surface area contributed by atoms with Gasteiger partial charge in [-0.15, -0.1) is 20.4 Å². The van der Waals surface area contributed by atoms with Gasteiger partial charge in [-0.3, -0.25) is 0 Å². The fourth-order valence-electron chi connectivity index (χ4n) is 5.18. The number of rotatable bonds is 4. The molecule has 0 unspecified atom stereocenters. The van der Waals surface area contributed by atoms with Gasteiger partial charge in [0.1, 0.15) is 5.15 Å². The molecule has 12 nitrogen and oxygen atoms in total. The molecule has 2 fully saturated rings. The first kappa shape index (κ1) is 38.6. The molecule has 8 rings (SSSR count). The third-order valence-electron chi connectivity index (χ3n) is 8.42. The summed E-state index contributed by atoms with van der Waals surface area (Å²) in [5.41, 5.74) is 2.75. The SMILES string of the molecule is FC(F)(F)c1nnc2ccc(Cl)nn12.N#CC1(c2ccc(-c3ccc4nnc(C(F)(F)F)n4n3)cc2)CC1.N#CC1(c2ccc(B(O)O)cc2)CC1.[CH3-]. The monoisotopic (exact) mass is 753 g/mol. The van der Waals surface area contributed by atoms with Gasteiger partial charge in [0, 0.05) is 5.56 Å². The number of nitriles is 2. The minimum Gasteiger partial charge on any atom is -0.423 e. The maximum absolute atomic E-state index is 12.9. The Labute approximate surface area is 302 Å². The average molecular weight is 754 g/mol. The first-order valence-electron chi connectivity index (χ1n) is 15.2. The van der Waals surface area contributed by atoms with E-state index in [-0.39, 0.29) is 29.3 Å². The van der Waals surface area contributed by atoms with Crippen LogP contribution in [0.15, 0.2) is 72.8 Å². The summed E-state index contributed by atoms with van der Waals surface area (Å²) in [4.78, 5) is 0. The molecule has 0 spiro atoms. The molecule has 2 aliphatic carbocycles. The lowest BCUT2D eigenvalue weighted by molar-refractivity contribution is -0.147. The average Bonchev–Trinajstić information content (AvgIpc) is 4.01. The molecule has 0 bridgehead atoms. The van der Waals surface area contributed by atoms with Crippen LogP contribution in [0.3, 0.4) is 0 Å². The van der Waals surface area contributed by atoms with Crippen LogP contribution in [0, 0.1) is 30.1 Å². The van der Waals surface area contributed by atoms with Gasteiger partial charge in [-0.1, -0.05) is 60.1 Å². The van der Waals surface area contributed by atoms with Crippen molar-refractivity contribution in [1.29, 1.82) is 10.5 Å². The third kappa shape index (κ3) is 8.07. The fourth-order valence-corrected chi connectivity index (χ4v) is 5.32. The summed E-state index contributed by atoms with van der Waals surface area (Å²) in [6.45, 7) is 0. The molecule has 20 heteroatoms. The number of nitrogens with zero attached hydrogens (tertiary/aromatic N) is 10. The van der Waals surface area contributed by atoms with E-state index in [4.69, 9.17) is 26.9 Å². The van der Waals surface area contributed by atoms with Gasteiger partial charge in [-0.05, 0) is 66.5 Å². The molecule has 0 radical (unpaired) electrons. The lowest BCUT2D eigenvalue weighted by Crippen LogP contribution is -2.29. The van der Waals surface area contributed by atoms with Crippen molar-refractivity contribution in [3.63, 3.8) is 0 Å². The highest BCUT2D eigenvalue weighted by Gasteiger charge is 2.45. The second-order valence-electron chi connectivity index (χ2n) is 11.9. The highest BCUT2D eigenvalue weighted by molar-refractivity contribution is 6.58. The van der Waals surface area contributed by atoms with E-state index < -0.39 is 36.5 Å². The quantitative estimate of drug-likeness (QED) is 0.132. The number of halogens is 7. The Balaban J connectivity index is 0.000000162. The molecule has 6 aromatic rings. The normalized spacial score (nSPS) is 15.1. The van der Waals surface area contributed by atoms with E-state index in [1.807, 2.05) is 12.1 Å². The predicted molar refractivity (Wildman–Crippen MR) is 178 cm³/mol. The Morgan fingerprint density at radius 3 is 1.49 bits per heavy atom. The van der Waals surface area contributed by atoms with Crippen LogP contribution in [0.25, 0.3) is 22.6 Å². The van der Waals surface area contributed by atoms with Crippen LogP contribution < -0.4 is 5.46 Å². The molecule has 2 N–H and O–H groups in total. The van der Waals surface area contributed by atoms with E-state index in [1.165, 1.54) is 18.2 Å². The summed E-state index contributed by atoms with van der Waals surface area (Å²) in [6, 6.07) is 24.4. The van der Waals surface area contributed by atoms with Crippen LogP contribution in [0.1, 0.15) is 48.5 Å². The van der Waals surface area contributed by atoms with Gasteiger partial charge in [0.2, 0.25) is 0 Å². The summed E-state index contributed by atoms with van der Waals surface area (Å²) in [7, 11) is -1.43. The van der Waals surface area contributed by atoms with Gasteiger partial charge in [-0.25, -0.2) is 0 Å². The van der Waals surface area contributed by atoms with Gasteiger partial charge < -0.3 is 17.5 Å². The molecule has 0 amide bonds. The summed E-state index contributed by atoms with van der Waals surface area (Å²) in [5.74, 6) is -2.34. The summed E-state index contributed by atoms with van der Waals surface area (Å²) < 4.78 is 76.8. The minimum absolute atomic E-state index is 0. The molecule has 2 aliphatic rings. The third-order valence-corrected chi connectivity index (χ3v) is 8.62. The van der Waals surface area contributed by atoms with Crippen molar-refractivity contribution in [2.45, 2.75) is 48.9 Å². The Morgan fingerprint density at radius 1 is 0.642 bits per heavy atom. The lowest BCUT2D eigenvalue weighted by Gasteiger charge is -2.08. The van der Waals surface area contributed by atoms with Gasteiger partial charge in [0.05, 0.1) is 28.7 Å². The van der Waals surface area contributed by atoms with Crippen molar-refractivity contribution in [3.8, 4) is 23.4 Å². The first-order valence-corrected chi connectivity index (χ1v) is 15.6. The molecular formula is C33H25BClF6N10O2-. The van der Waals surface area contributed by atoms with Gasteiger partial charge >= 0.3 is 19.5 Å². The zero-order valence-corrected chi connectivity index (χ0v) is 28.1. The molecule has 4 aromatic heterocycles. The van der Waals surface area contributed by atoms with Crippen LogP contribution in [0.5, 0.6) is 0 Å². The van der Waals surface area contributed by atoms with Crippen molar-refractivity contribution in [2.24, 2.45) is 0 Å². The Hall–Kier alpha value is -5.63. The standard InChI is InChI=1S/C16H10F3N5.C10H10BNO2.C6H2ClF3N4.CH3/c17-16(18,19)14-22-21-13-6-5-12(23-24(13)14)10-1-3-11(4-2-10)15(9-20)7-8-15;12-7-10(5-6-10)8-1-3-9(4-2-8)11(13)14;7-3-1-2-4-11-12-5(6(8,9)10)14(4)13-3;/h1-6H,7-8H2;1-4,13-14H,5-6H2;1-2H;1H3/q;;;-1. The lowest BCUT2D eigenvalue weighted by atomic mass is 9.79. The second-order valence-corrected chi connectivity index (χ2v) is 12.3. The van der Waals surface area contributed by atoms with Crippen molar-refractivity contribution in [2.75, 3.05) is 0 Å². The Morgan fingerprint density at radius 2 is 1.08 bits per heavy atom. The molecule has 0 aliphatic heterocycles. The van der Waals surface area contributed by atoms with Gasteiger partial charge in [0.15, 0.2) is 11.3 Å². The largest absolute Gasteiger partial charge is 0.488 e. The number of aromatic nitrogens is 8. The van der Waals surface area contributed by atoms with Crippen molar-refractivity contribution in [3.05, 3.63) is 108 Å². The Kier molecular flexibility index (Phi) is 10.5. The van der Waals surface area contributed by atoms with E-state index in [0.29, 0.717) is 25.8 Å². The maximum Gasteiger partial charge on any atom is 0.488 e. The van der Waals surface area contributed by atoms with Crippen LogP contribution in [0.2, 0.25) is 5.15 Å². The van der Waals surface area contributed by atoms with E-state index >= 15 is 0 Å². The topological polar surface area (TPSA) is 174 Å². The molecule has 53 heavy (non-hydrogen) atoms. The fraction of sp³-hybridized carbons (Fsp3) is 0.242. The first-order chi connectivity index (χ1) is 24.6. The number of hydrogen-bond donors (Lipinski definition) is 2. The molecule has 272 valence electrons. The Bertz CT molecular complexity index is 2320. The molecule has 0 saturated heterocycles.